The van der Waals surface area contributed by atoms with Gasteiger partial charge < -0.3 is 15.2 Å². The topological polar surface area (TPSA) is 57.4 Å². The van der Waals surface area contributed by atoms with Crippen molar-refractivity contribution in [3.63, 3.8) is 0 Å². The lowest BCUT2D eigenvalue weighted by Gasteiger charge is -2.21. The average Bonchev–Trinajstić information content (AvgIpc) is 2.38. The van der Waals surface area contributed by atoms with Crippen LogP contribution in [-0.4, -0.2) is 24.8 Å². The van der Waals surface area contributed by atoms with Crippen molar-refractivity contribution in [1.29, 1.82) is 0 Å². The third-order valence-electron chi connectivity index (χ3n) is 3.09. The number of aromatic nitrogens is 1. The Bertz CT molecular complexity index is 332. The van der Waals surface area contributed by atoms with E-state index in [1.54, 1.807) is 6.20 Å². The van der Waals surface area contributed by atoms with Gasteiger partial charge in [-0.1, -0.05) is 6.07 Å². The van der Waals surface area contributed by atoms with Crippen molar-refractivity contribution in [3.05, 3.63) is 23.9 Å². The summed E-state index contributed by atoms with van der Waals surface area (Å²) in [6.45, 7) is 4.38. The van der Waals surface area contributed by atoms with Gasteiger partial charge in [-0.3, -0.25) is 0 Å². The van der Waals surface area contributed by atoms with Crippen molar-refractivity contribution in [2.75, 3.05) is 19.8 Å². The molecule has 0 aromatic carbocycles. The number of ether oxygens (including phenoxy) is 2. The van der Waals surface area contributed by atoms with E-state index >= 15 is 0 Å². The molecule has 1 aromatic heterocycles. The van der Waals surface area contributed by atoms with E-state index in [4.69, 9.17) is 15.2 Å². The Hall–Kier alpha value is -1.13. The molecular weight excluding hydrogens is 216 g/mol. The van der Waals surface area contributed by atoms with Gasteiger partial charge in [0.05, 0.1) is 6.61 Å². The Balaban J connectivity index is 1.82. The molecule has 0 radical (unpaired) electrons. The molecule has 1 aromatic rings. The van der Waals surface area contributed by atoms with Gasteiger partial charge in [-0.25, -0.2) is 4.98 Å². The number of rotatable bonds is 4. The average molecular weight is 236 g/mol. The third kappa shape index (κ3) is 3.68. The molecule has 2 heterocycles. The predicted molar refractivity (Wildman–Crippen MR) is 65.9 cm³/mol. The summed E-state index contributed by atoms with van der Waals surface area (Å²) in [6.07, 6.45) is 3.94. The molecule has 4 heteroatoms. The number of hydrogen-bond acceptors (Lipinski definition) is 4. The zero-order valence-electron chi connectivity index (χ0n) is 10.3. The summed E-state index contributed by atoms with van der Waals surface area (Å²) in [6, 6.07) is 3.88. The first-order chi connectivity index (χ1) is 8.25. The number of pyridine rings is 1. The lowest BCUT2D eigenvalue weighted by molar-refractivity contribution is 0.0490. The number of nitrogens with zero attached hydrogens (tertiary/aromatic N) is 1. The van der Waals surface area contributed by atoms with E-state index in [0.717, 1.165) is 38.2 Å². The fourth-order valence-electron chi connectivity index (χ4n) is 1.86. The van der Waals surface area contributed by atoms with Crippen LogP contribution in [0.15, 0.2) is 18.3 Å². The zero-order valence-corrected chi connectivity index (χ0v) is 10.3. The van der Waals surface area contributed by atoms with Crippen LogP contribution in [0.3, 0.4) is 0 Å². The van der Waals surface area contributed by atoms with Crippen LogP contribution in [0.25, 0.3) is 0 Å². The second-order valence-electron chi connectivity index (χ2n) is 4.59. The lowest BCUT2D eigenvalue weighted by Crippen LogP contribution is -2.21. The van der Waals surface area contributed by atoms with Gasteiger partial charge in [0.15, 0.2) is 0 Å². The molecule has 0 spiro atoms. The fraction of sp³-hybridized carbons (Fsp3) is 0.615. The van der Waals surface area contributed by atoms with Crippen LogP contribution in [0.2, 0.25) is 0 Å². The van der Waals surface area contributed by atoms with Gasteiger partial charge in [0.25, 0.3) is 0 Å². The quantitative estimate of drug-likeness (QED) is 0.867. The van der Waals surface area contributed by atoms with Gasteiger partial charge in [0.2, 0.25) is 5.88 Å². The minimum atomic E-state index is 0.0204. The van der Waals surface area contributed by atoms with Gasteiger partial charge in [0.1, 0.15) is 0 Å². The molecule has 1 aliphatic rings. The van der Waals surface area contributed by atoms with Crippen LogP contribution in [0.4, 0.5) is 0 Å². The van der Waals surface area contributed by atoms with E-state index in [0.29, 0.717) is 11.8 Å². The lowest BCUT2D eigenvalue weighted by atomic mass is 10.0. The molecule has 0 aliphatic carbocycles. The van der Waals surface area contributed by atoms with Crippen LogP contribution in [0, 0.1) is 5.92 Å². The van der Waals surface area contributed by atoms with E-state index in [1.807, 2.05) is 19.1 Å². The van der Waals surface area contributed by atoms with E-state index in [1.165, 1.54) is 0 Å². The zero-order chi connectivity index (χ0) is 12.1. The number of hydrogen-bond donors (Lipinski definition) is 1. The summed E-state index contributed by atoms with van der Waals surface area (Å²) in [5.74, 6) is 1.28. The largest absolute Gasteiger partial charge is 0.477 e. The van der Waals surface area contributed by atoms with E-state index < -0.39 is 0 Å². The minimum absolute atomic E-state index is 0.0204. The molecule has 1 saturated heterocycles. The second-order valence-corrected chi connectivity index (χ2v) is 4.59. The molecule has 2 rings (SSSR count). The van der Waals surface area contributed by atoms with Gasteiger partial charge in [-0.05, 0) is 31.2 Å². The molecule has 0 saturated carbocycles. The minimum Gasteiger partial charge on any atom is -0.477 e. The summed E-state index contributed by atoms with van der Waals surface area (Å²) >= 11 is 0. The fourth-order valence-corrected chi connectivity index (χ4v) is 1.86. The van der Waals surface area contributed by atoms with E-state index in [9.17, 15) is 0 Å². The van der Waals surface area contributed by atoms with Crippen molar-refractivity contribution < 1.29 is 9.47 Å². The van der Waals surface area contributed by atoms with Crippen LogP contribution >= 0.6 is 0 Å². The van der Waals surface area contributed by atoms with Gasteiger partial charge in [0, 0.05) is 31.5 Å². The Morgan fingerprint density at radius 1 is 1.47 bits per heavy atom. The Labute approximate surface area is 102 Å². The highest BCUT2D eigenvalue weighted by Gasteiger charge is 2.14. The summed E-state index contributed by atoms with van der Waals surface area (Å²) < 4.78 is 11.0. The molecule has 2 N–H and O–H groups in total. The molecule has 17 heavy (non-hydrogen) atoms. The standard InChI is InChI=1S/C13H20N2O2/c1-10(14)12-2-3-13(15-8-12)17-9-11-4-6-16-7-5-11/h2-3,8,10-11H,4-7,9,14H2,1H3/t10-/m0/s1. The first-order valence-electron chi connectivity index (χ1n) is 6.18. The molecule has 0 amide bonds. The van der Waals surface area contributed by atoms with Crippen LogP contribution < -0.4 is 10.5 Å². The first-order valence-corrected chi connectivity index (χ1v) is 6.18. The molecule has 4 nitrogen and oxygen atoms in total. The monoisotopic (exact) mass is 236 g/mol. The molecule has 1 aliphatic heterocycles. The van der Waals surface area contributed by atoms with Crippen LogP contribution in [0.1, 0.15) is 31.4 Å². The highest BCUT2D eigenvalue weighted by molar-refractivity contribution is 5.19. The van der Waals surface area contributed by atoms with Gasteiger partial charge in [-0.2, -0.15) is 0 Å². The van der Waals surface area contributed by atoms with E-state index in [-0.39, 0.29) is 6.04 Å². The normalized spacial score (nSPS) is 18.9. The molecule has 0 bridgehead atoms. The van der Waals surface area contributed by atoms with Crippen LogP contribution in [-0.2, 0) is 4.74 Å². The highest BCUT2D eigenvalue weighted by atomic mass is 16.5. The predicted octanol–water partition coefficient (Wildman–Crippen LogP) is 1.91. The van der Waals surface area contributed by atoms with Crippen molar-refractivity contribution in [1.82, 2.24) is 4.98 Å². The maximum absolute atomic E-state index is 5.76. The Kier molecular flexibility index (Phi) is 4.34. The maximum Gasteiger partial charge on any atom is 0.213 e. The van der Waals surface area contributed by atoms with Gasteiger partial charge in [-0.15, -0.1) is 0 Å². The van der Waals surface area contributed by atoms with Crippen LogP contribution in [0.5, 0.6) is 5.88 Å². The van der Waals surface area contributed by atoms with Crippen molar-refractivity contribution >= 4 is 0 Å². The van der Waals surface area contributed by atoms with Crippen molar-refractivity contribution in [2.45, 2.75) is 25.8 Å². The Morgan fingerprint density at radius 2 is 2.24 bits per heavy atom. The summed E-state index contributed by atoms with van der Waals surface area (Å²) in [4.78, 5) is 4.25. The summed E-state index contributed by atoms with van der Waals surface area (Å²) in [5.41, 5.74) is 6.79. The van der Waals surface area contributed by atoms with E-state index in [2.05, 4.69) is 4.98 Å². The van der Waals surface area contributed by atoms with Gasteiger partial charge >= 0.3 is 0 Å². The first kappa shape index (κ1) is 12.3. The summed E-state index contributed by atoms with van der Waals surface area (Å²) in [7, 11) is 0. The molecular formula is C13H20N2O2. The van der Waals surface area contributed by atoms with Crippen molar-refractivity contribution in [3.8, 4) is 5.88 Å². The molecule has 0 unspecified atom stereocenters. The molecule has 1 atom stereocenters. The SMILES string of the molecule is C[C@H](N)c1ccc(OCC2CCOCC2)nc1. The third-order valence-corrected chi connectivity index (χ3v) is 3.09. The molecule has 94 valence electrons. The molecule has 1 fully saturated rings. The Morgan fingerprint density at radius 3 is 2.82 bits per heavy atom. The summed E-state index contributed by atoms with van der Waals surface area (Å²) in [5, 5.41) is 0. The van der Waals surface area contributed by atoms with Crippen molar-refractivity contribution in [2.24, 2.45) is 11.7 Å². The maximum atomic E-state index is 5.76. The number of nitrogens with two attached hydrogens (primary N) is 1. The highest BCUT2D eigenvalue weighted by Crippen LogP contribution is 2.17. The smallest absolute Gasteiger partial charge is 0.213 e. The second kappa shape index (κ2) is 5.98.